The minimum absolute atomic E-state index is 0.0593. The average molecular weight is 382 g/mol. The Balaban J connectivity index is 1.40. The molecule has 0 spiro atoms. The number of aryl methyl sites for hydroxylation is 2. The molecule has 0 aliphatic heterocycles. The van der Waals surface area contributed by atoms with E-state index < -0.39 is 5.91 Å². The highest BCUT2D eigenvalue weighted by atomic mass is 32.1. The number of H-pyrrole nitrogens is 1. The summed E-state index contributed by atoms with van der Waals surface area (Å²) in [7, 11) is 0. The molecular formula is C21H23N3O2S. The Kier molecular flexibility index (Phi) is 4.99. The molecule has 1 aliphatic carbocycles. The number of carbonyl (C=O) groups is 2. The predicted molar refractivity (Wildman–Crippen MR) is 109 cm³/mol. The summed E-state index contributed by atoms with van der Waals surface area (Å²) in [5.41, 5.74) is 9.51. The number of hydrogen-bond acceptors (Lipinski definition) is 3. The molecular weight excluding hydrogens is 358 g/mol. The lowest BCUT2D eigenvalue weighted by atomic mass is 9.95. The third-order valence-electron chi connectivity index (χ3n) is 5.20. The number of rotatable bonds is 6. The predicted octanol–water partition coefficient (Wildman–Crippen LogP) is 4.17. The number of nitrogens with one attached hydrogen (secondary N) is 2. The Hall–Kier alpha value is -2.60. The van der Waals surface area contributed by atoms with E-state index in [1.807, 2.05) is 18.3 Å². The number of nitrogens with two attached hydrogens (primary N) is 1. The second-order valence-corrected chi connectivity index (χ2v) is 8.15. The first kappa shape index (κ1) is 17.8. The number of aromatic amines is 1. The highest BCUT2D eigenvalue weighted by molar-refractivity contribution is 7.17. The molecule has 0 unspecified atom stereocenters. The van der Waals surface area contributed by atoms with Crippen molar-refractivity contribution in [1.29, 1.82) is 0 Å². The number of benzene rings is 1. The highest BCUT2D eigenvalue weighted by Crippen LogP contribution is 2.38. The van der Waals surface area contributed by atoms with Gasteiger partial charge in [-0.15, -0.1) is 11.3 Å². The summed E-state index contributed by atoms with van der Waals surface area (Å²) < 4.78 is 0. The quantitative estimate of drug-likeness (QED) is 0.598. The van der Waals surface area contributed by atoms with Gasteiger partial charge in [0.15, 0.2) is 0 Å². The fourth-order valence-electron chi connectivity index (χ4n) is 3.88. The lowest BCUT2D eigenvalue weighted by Gasteiger charge is -2.11. The van der Waals surface area contributed by atoms with E-state index in [0.29, 0.717) is 17.0 Å². The van der Waals surface area contributed by atoms with Gasteiger partial charge in [0.05, 0.1) is 5.56 Å². The van der Waals surface area contributed by atoms with Crippen LogP contribution in [0.2, 0.25) is 0 Å². The summed E-state index contributed by atoms with van der Waals surface area (Å²) >= 11 is 1.51. The molecule has 2 amide bonds. The molecule has 1 aliphatic rings. The Bertz CT molecular complexity index is 1000. The topological polar surface area (TPSA) is 88.0 Å². The molecule has 27 heavy (non-hydrogen) atoms. The Labute approximate surface area is 162 Å². The molecule has 0 bridgehead atoms. The molecule has 0 radical (unpaired) electrons. The van der Waals surface area contributed by atoms with E-state index >= 15 is 0 Å². The maximum absolute atomic E-state index is 12.4. The zero-order valence-electron chi connectivity index (χ0n) is 15.1. The summed E-state index contributed by atoms with van der Waals surface area (Å²) in [6.45, 7) is 0. The maximum Gasteiger partial charge on any atom is 0.251 e. The van der Waals surface area contributed by atoms with Crippen LogP contribution < -0.4 is 11.1 Å². The first-order chi connectivity index (χ1) is 13.1. The summed E-state index contributed by atoms with van der Waals surface area (Å²) in [4.78, 5) is 28.8. The molecule has 0 fully saturated rings. The van der Waals surface area contributed by atoms with Crippen LogP contribution in [-0.2, 0) is 24.1 Å². The lowest BCUT2D eigenvalue weighted by Crippen LogP contribution is -2.18. The molecule has 6 heteroatoms. The fourth-order valence-corrected chi connectivity index (χ4v) is 5.19. The first-order valence-corrected chi connectivity index (χ1v) is 10.2. The molecule has 5 nitrogen and oxygen atoms in total. The fraction of sp³-hybridized carbons (Fsp3) is 0.333. The van der Waals surface area contributed by atoms with Crippen molar-refractivity contribution >= 4 is 39.1 Å². The van der Waals surface area contributed by atoms with Crippen molar-refractivity contribution in [1.82, 2.24) is 4.98 Å². The van der Waals surface area contributed by atoms with Crippen molar-refractivity contribution in [3.05, 3.63) is 52.0 Å². The van der Waals surface area contributed by atoms with Crippen LogP contribution in [0.3, 0.4) is 0 Å². The van der Waals surface area contributed by atoms with Crippen LogP contribution in [0.25, 0.3) is 10.9 Å². The number of hydrogen-bond donors (Lipinski definition) is 3. The van der Waals surface area contributed by atoms with Gasteiger partial charge in [-0.05, 0) is 55.7 Å². The summed E-state index contributed by atoms with van der Waals surface area (Å²) in [5, 5.41) is 4.78. The molecule has 0 saturated heterocycles. The summed E-state index contributed by atoms with van der Waals surface area (Å²) in [5.74, 6) is -0.501. The number of thiophene rings is 1. The number of anilines is 1. The Morgan fingerprint density at radius 3 is 2.85 bits per heavy atom. The zero-order valence-corrected chi connectivity index (χ0v) is 16.0. The van der Waals surface area contributed by atoms with Gasteiger partial charge in [-0.25, -0.2) is 0 Å². The molecule has 2 heterocycles. The first-order valence-electron chi connectivity index (χ1n) is 9.42. The second-order valence-electron chi connectivity index (χ2n) is 7.04. The SMILES string of the molecule is NC(=O)c1c(NC(=O)CCCc2c[nH]c3ccccc23)sc2c1CCCC2. The van der Waals surface area contributed by atoms with Crippen LogP contribution >= 0.6 is 11.3 Å². The molecule has 2 aromatic heterocycles. The Morgan fingerprint density at radius 1 is 1.19 bits per heavy atom. The van der Waals surface area contributed by atoms with Crippen LogP contribution in [-0.4, -0.2) is 16.8 Å². The van der Waals surface area contributed by atoms with Gasteiger partial charge < -0.3 is 16.0 Å². The molecule has 0 atom stereocenters. The van der Waals surface area contributed by atoms with Crippen LogP contribution in [0.5, 0.6) is 0 Å². The van der Waals surface area contributed by atoms with Crippen LogP contribution in [0.4, 0.5) is 5.00 Å². The highest BCUT2D eigenvalue weighted by Gasteiger charge is 2.24. The second kappa shape index (κ2) is 7.56. The number of aromatic nitrogens is 1. The number of carbonyl (C=O) groups excluding carboxylic acids is 2. The maximum atomic E-state index is 12.4. The van der Waals surface area contributed by atoms with Crippen molar-refractivity contribution in [3.8, 4) is 0 Å². The van der Waals surface area contributed by atoms with Crippen LogP contribution in [0, 0.1) is 0 Å². The van der Waals surface area contributed by atoms with E-state index in [1.165, 1.54) is 27.2 Å². The van der Waals surface area contributed by atoms with E-state index in [9.17, 15) is 9.59 Å². The molecule has 4 rings (SSSR count). The molecule has 1 aromatic carbocycles. The van der Waals surface area contributed by atoms with Crippen molar-refractivity contribution < 1.29 is 9.59 Å². The van der Waals surface area contributed by atoms with Gasteiger partial charge in [0.2, 0.25) is 5.91 Å². The number of primary amides is 1. The van der Waals surface area contributed by atoms with Crippen LogP contribution in [0.15, 0.2) is 30.5 Å². The molecule has 3 aromatic rings. The van der Waals surface area contributed by atoms with Crippen molar-refractivity contribution in [2.75, 3.05) is 5.32 Å². The van der Waals surface area contributed by atoms with Gasteiger partial charge in [0.1, 0.15) is 5.00 Å². The van der Waals surface area contributed by atoms with E-state index in [4.69, 9.17) is 5.73 Å². The molecule has 0 saturated carbocycles. The summed E-state index contributed by atoms with van der Waals surface area (Å²) in [6.07, 6.45) is 8.07. The zero-order chi connectivity index (χ0) is 18.8. The molecule has 4 N–H and O–H groups in total. The van der Waals surface area contributed by atoms with Gasteiger partial charge in [0, 0.05) is 28.4 Å². The van der Waals surface area contributed by atoms with Gasteiger partial charge in [-0.2, -0.15) is 0 Å². The lowest BCUT2D eigenvalue weighted by molar-refractivity contribution is -0.116. The standard InChI is InChI=1S/C21H23N3O2S/c22-20(26)19-15-8-2-4-10-17(15)27-21(19)24-18(25)11-5-6-13-12-23-16-9-3-1-7-14(13)16/h1,3,7,9,12,23H,2,4-6,8,10-11H2,(H2,22,26)(H,24,25). The average Bonchev–Trinajstić information content (AvgIpc) is 3.22. The van der Waals surface area contributed by atoms with Crippen molar-refractivity contribution in [2.45, 2.75) is 44.9 Å². The minimum atomic E-state index is -0.441. The number of para-hydroxylation sites is 1. The number of amides is 2. The summed E-state index contributed by atoms with van der Waals surface area (Å²) in [6, 6.07) is 8.18. The van der Waals surface area contributed by atoms with Gasteiger partial charge in [-0.3, -0.25) is 9.59 Å². The van der Waals surface area contributed by atoms with Gasteiger partial charge in [0.25, 0.3) is 5.91 Å². The van der Waals surface area contributed by atoms with Gasteiger partial charge in [-0.1, -0.05) is 18.2 Å². The Morgan fingerprint density at radius 2 is 2.00 bits per heavy atom. The van der Waals surface area contributed by atoms with Gasteiger partial charge >= 0.3 is 0 Å². The van der Waals surface area contributed by atoms with E-state index in [1.54, 1.807) is 0 Å². The molecule has 140 valence electrons. The van der Waals surface area contributed by atoms with Crippen molar-refractivity contribution in [3.63, 3.8) is 0 Å². The third-order valence-corrected chi connectivity index (χ3v) is 6.40. The minimum Gasteiger partial charge on any atom is -0.365 e. The largest absolute Gasteiger partial charge is 0.365 e. The van der Waals surface area contributed by atoms with E-state index in [0.717, 1.165) is 49.6 Å². The third kappa shape index (κ3) is 3.62. The van der Waals surface area contributed by atoms with Crippen LogP contribution in [0.1, 0.15) is 52.0 Å². The number of fused-ring (bicyclic) bond motifs is 2. The smallest absolute Gasteiger partial charge is 0.251 e. The van der Waals surface area contributed by atoms with E-state index in [2.05, 4.69) is 22.4 Å². The monoisotopic (exact) mass is 381 g/mol. The van der Waals surface area contributed by atoms with Crippen molar-refractivity contribution in [2.24, 2.45) is 5.73 Å². The van der Waals surface area contributed by atoms with E-state index in [-0.39, 0.29) is 5.91 Å². The normalized spacial score (nSPS) is 13.5.